The van der Waals surface area contributed by atoms with Gasteiger partial charge in [0.2, 0.25) is 5.91 Å². The van der Waals surface area contributed by atoms with Crippen LogP contribution in [0, 0.1) is 5.41 Å². The first-order valence-electron chi connectivity index (χ1n) is 9.09. The molecule has 132 valence electrons. The smallest absolute Gasteiger partial charge is 0.229 e. The normalized spacial score (nSPS) is 25.2. The number of carbonyl (C=O) groups excluding carboxylic acids is 1. The number of fused-ring (bicyclic) bond motifs is 3. The average Bonchev–Trinajstić information content (AvgIpc) is 3.14. The first-order chi connectivity index (χ1) is 11.9. The topological polar surface area (TPSA) is 44.7 Å². The second-order valence-electron chi connectivity index (χ2n) is 8.10. The molecule has 5 heteroatoms. The summed E-state index contributed by atoms with van der Waals surface area (Å²) in [5.74, 6) is 0.0369. The van der Waals surface area contributed by atoms with Crippen molar-refractivity contribution >= 4 is 34.2 Å². The number of amides is 1. The Labute approximate surface area is 153 Å². The number of rotatable bonds is 2. The van der Waals surface area contributed by atoms with Crippen LogP contribution in [0.2, 0.25) is 0 Å². The molecular weight excluding hydrogens is 330 g/mol. The number of nitrogens with zero attached hydrogens (tertiary/aromatic N) is 2. The highest BCUT2D eigenvalue weighted by atomic mass is 32.2. The molecule has 3 aliphatic rings. The van der Waals surface area contributed by atoms with Crippen LogP contribution in [-0.2, 0) is 4.79 Å². The van der Waals surface area contributed by atoms with Gasteiger partial charge in [-0.3, -0.25) is 9.79 Å². The summed E-state index contributed by atoms with van der Waals surface area (Å²) in [7, 11) is 0. The van der Waals surface area contributed by atoms with Gasteiger partial charge in [-0.05, 0) is 30.5 Å². The summed E-state index contributed by atoms with van der Waals surface area (Å²) in [6.07, 6.45) is 5.05. The van der Waals surface area contributed by atoms with Gasteiger partial charge in [-0.15, -0.1) is 0 Å². The Balaban J connectivity index is 1.51. The molecule has 1 amide bonds. The van der Waals surface area contributed by atoms with Crippen LogP contribution < -0.4 is 5.32 Å². The van der Waals surface area contributed by atoms with E-state index < -0.39 is 0 Å². The number of aliphatic imine (C=N–C) groups is 1. The van der Waals surface area contributed by atoms with Crippen molar-refractivity contribution in [2.75, 3.05) is 5.32 Å². The predicted molar refractivity (Wildman–Crippen MR) is 105 cm³/mol. The van der Waals surface area contributed by atoms with E-state index in [-0.39, 0.29) is 11.3 Å². The first-order valence-corrected chi connectivity index (χ1v) is 9.97. The lowest BCUT2D eigenvalue weighted by molar-refractivity contribution is -0.123. The number of hydrogen-bond donors (Lipinski definition) is 1. The summed E-state index contributed by atoms with van der Waals surface area (Å²) >= 11 is 1.74. The van der Waals surface area contributed by atoms with Crippen LogP contribution in [0.15, 0.2) is 34.7 Å². The van der Waals surface area contributed by atoms with E-state index in [4.69, 9.17) is 4.99 Å². The number of carbonyl (C=O) groups is 1. The van der Waals surface area contributed by atoms with Crippen LogP contribution in [0.3, 0.4) is 0 Å². The first kappa shape index (κ1) is 16.7. The van der Waals surface area contributed by atoms with E-state index in [2.05, 4.69) is 27.8 Å². The summed E-state index contributed by atoms with van der Waals surface area (Å²) in [6, 6.07) is 9.20. The van der Waals surface area contributed by atoms with E-state index in [9.17, 15) is 4.79 Å². The summed E-state index contributed by atoms with van der Waals surface area (Å²) in [5.41, 5.74) is 2.91. The van der Waals surface area contributed by atoms with Crippen LogP contribution in [0.5, 0.6) is 0 Å². The van der Waals surface area contributed by atoms with Crippen molar-refractivity contribution in [3.8, 4) is 0 Å². The van der Waals surface area contributed by atoms with Gasteiger partial charge in [-0.25, -0.2) is 0 Å². The molecule has 2 aliphatic heterocycles. The molecule has 0 bridgehead atoms. The van der Waals surface area contributed by atoms with Gasteiger partial charge >= 0.3 is 0 Å². The second-order valence-corrected chi connectivity index (χ2v) is 8.94. The Morgan fingerprint density at radius 3 is 2.64 bits per heavy atom. The Morgan fingerprint density at radius 1 is 1.20 bits per heavy atom. The van der Waals surface area contributed by atoms with Gasteiger partial charge in [-0.1, -0.05) is 57.5 Å². The molecule has 4 rings (SSSR count). The quantitative estimate of drug-likeness (QED) is 0.836. The minimum Gasteiger partial charge on any atom is -0.326 e. The molecule has 0 radical (unpaired) electrons. The van der Waals surface area contributed by atoms with Gasteiger partial charge in [0.05, 0.1) is 17.8 Å². The standard InChI is InChI=1S/C20H25N3OS/c1-20(2,3)18(24)21-14-10-8-13(9-11-14)17-12-25-19-22-15-6-4-5-7-16(15)23(17)19/h8-12,15-16H,4-7H2,1-3H3,(H,21,24)/t15-,16-/m1/s1. The molecule has 1 N–H and O–H groups in total. The Kier molecular flexibility index (Phi) is 4.14. The molecule has 1 saturated carbocycles. The van der Waals surface area contributed by atoms with Crippen LogP contribution >= 0.6 is 11.8 Å². The van der Waals surface area contributed by atoms with Crippen molar-refractivity contribution in [1.29, 1.82) is 0 Å². The minimum atomic E-state index is -0.389. The van der Waals surface area contributed by atoms with Crippen LogP contribution in [0.1, 0.15) is 52.0 Å². The maximum absolute atomic E-state index is 12.1. The molecule has 1 aromatic rings. The van der Waals surface area contributed by atoms with E-state index in [0.717, 1.165) is 10.9 Å². The Hall–Kier alpha value is -1.75. The van der Waals surface area contributed by atoms with Crippen molar-refractivity contribution < 1.29 is 4.79 Å². The van der Waals surface area contributed by atoms with Crippen molar-refractivity contribution in [3.63, 3.8) is 0 Å². The third kappa shape index (κ3) is 3.10. The van der Waals surface area contributed by atoms with Gasteiger partial charge < -0.3 is 10.2 Å². The molecule has 2 atom stereocenters. The summed E-state index contributed by atoms with van der Waals surface area (Å²) < 4.78 is 0. The van der Waals surface area contributed by atoms with Crippen molar-refractivity contribution in [3.05, 3.63) is 35.2 Å². The number of hydrogen-bond acceptors (Lipinski definition) is 4. The van der Waals surface area contributed by atoms with Gasteiger partial charge in [0.25, 0.3) is 0 Å². The fourth-order valence-corrected chi connectivity index (χ4v) is 4.68. The van der Waals surface area contributed by atoms with Gasteiger partial charge in [0.1, 0.15) is 0 Å². The Bertz CT molecular complexity index is 745. The van der Waals surface area contributed by atoms with E-state index >= 15 is 0 Å². The molecule has 1 aliphatic carbocycles. The van der Waals surface area contributed by atoms with E-state index in [1.54, 1.807) is 11.8 Å². The highest BCUT2D eigenvalue weighted by molar-refractivity contribution is 8.16. The number of anilines is 1. The van der Waals surface area contributed by atoms with Crippen molar-refractivity contribution in [2.24, 2.45) is 10.4 Å². The van der Waals surface area contributed by atoms with Crippen molar-refractivity contribution in [1.82, 2.24) is 4.90 Å². The zero-order valence-electron chi connectivity index (χ0n) is 15.1. The van der Waals surface area contributed by atoms with Crippen molar-refractivity contribution in [2.45, 2.75) is 58.5 Å². The molecule has 25 heavy (non-hydrogen) atoms. The van der Waals surface area contributed by atoms with Crippen LogP contribution in [0.4, 0.5) is 5.69 Å². The maximum atomic E-state index is 12.1. The van der Waals surface area contributed by atoms with E-state index in [1.807, 2.05) is 32.9 Å². The maximum Gasteiger partial charge on any atom is 0.229 e. The third-order valence-corrected chi connectivity index (χ3v) is 6.02. The number of thioether (sulfide) groups is 1. The fraction of sp³-hybridized carbons (Fsp3) is 0.500. The van der Waals surface area contributed by atoms with Crippen LogP contribution in [-0.4, -0.2) is 28.1 Å². The molecule has 0 saturated heterocycles. The summed E-state index contributed by atoms with van der Waals surface area (Å²) in [4.78, 5) is 19.5. The molecule has 2 heterocycles. The summed E-state index contributed by atoms with van der Waals surface area (Å²) in [5, 5.41) is 6.37. The lowest BCUT2D eigenvalue weighted by atomic mass is 9.90. The van der Waals surface area contributed by atoms with Crippen LogP contribution in [0.25, 0.3) is 5.70 Å². The monoisotopic (exact) mass is 355 g/mol. The second kappa shape index (κ2) is 6.20. The highest BCUT2D eigenvalue weighted by Gasteiger charge is 2.42. The SMILES string of the molecule is CC(C)(C)C(=O)Nc1ccc(C2=CSC3=N[C@@H]4CCCC[C@H]4N23)cc1. The minimum absolute atomic E-state index is 0.0369. The molecule has 0 unspecified atom stereocenters. The fourth-order valence-electron chi connectivity index (χ4n) is 3.67. The van der Waals surface area contributed by atoms with Gasteiger partial charge in [0, 0.05) is 16.5 Å². The number of benzene rings is 1. The highest BCUT2D eigenvalue weighted by Crippen LogP contribution is 2.44. The Morgan fingerprint density at radius 2 is 1.92 bits per heavy atom. The average molecular weight is 356 g/mol. The zero-order chi connectivity index (χ0) is 17.6. The molecule has 1 aromatic carbocycles. The molecule has 0 spiro atoms. The number of nitrogens with one attached hydrogen (secondary N) is 1. The van der Waals surface area contributed by atoms with Gasteiger partial charge in [-0.2, -0.15) is 0 Å². The molecule has 4 nitrogen and oxygen atoms in total. The lowest BCUT2D eigenvalue weighted by Gasteiger charge is -2.32. The van der Waals surface area contributed by atoms with E-state index in [1.165, 1.54) is 36.9 Å². The predicted octanol–water partition coefficient (Wildman–Crippen LogP) is 4.70. The largest absolute Gasteiger partial charge is 0.326 e. The lowest BCUT2D eigenvalue weighted by Crippen LogP contribution is -2.38. The zero-order valence-corrected chi connectivity index (χ0v) is 15.9. The molecule has 0 aromatic heterocycles. The third-order valence-electron chi connectivity index (χ3n) is 5.16. The van der Waals surface area contributed by atoms with Gasteiger partial charge in [0.15, 0.2) is 5.17 Å². The summed E-state index contributed by atoms with van der Waals surface area (Å²) in [6.45, 7) is 5.77. The molecular formula is C20H25N3OS. The van der Waals surface area contributed by atoms with E-state index in [0.29, 0.717) is 12.1 Å². The number of amidine groups is 1. The molecule has 1 fully saturated rings.